The zero-order valence-corrected chi connectivity index (χ0v) is 10.9. The Hall–Kier alpha value is -0.160. The summed E-state index contributed by atoms with van der Waals surface area (Å²) in [5.74, 6) is 0. The summed E-state index contributed by atoms with van der Waals surface area (Å²) in [6.45, 7) is 12.3. The van der Waals surface area contributed by atoms with Gasteiger partial charge in [-0.3, -0.25) is 4.90 Å². The number of hydrogen-bond donors (Lipinski definition) is 0. The topological polar surface area (TPSA) is 30.9 Å². The zero-order valence-electron chi connectivity index (χ0n) is 10.9. The minimum atomic E-state index is -0.109. The SMILES string of the molecule is CCOC(CN1CCO[C@@H](C)[C@H]1C)OCC. The van der Waals surface area contributed by atoms with Gasteiger partial charge in [-0.15, -0.1) is 0 Å². The highest BCUT2D eigenvalue weighted by Gasteiger charge is 2.27. The van der Waals surface area contributed by atoms with Crippen molar-refractivity contribution in [2.75, 3.05) is 32.9 Å². The standard InChI is InChI=1S/C12H25NO3/c1-5-14-12(15-6-2)9-13-7-8-16-11(4)10(13)3/h10-12H,5-9H2,1-4H3/t10-,11+/m1/s1. The molecule has 0 aromatic rings. The van der Waals surface area contributed by atoms with Crippen LogP contribution in [0.25, 0.3) is 0 Å². The van der Waals surface area contributed by atoms with Gasteiger partial charge in [0.2, 0.25) is 0 Å². The van der Waals surface area contributed by atoms with Gasteiger partial charge in [0.1, 0.15) is 0 Å². The highest BCUT2D eigenvalue weighted by atomic mass is 16.7. The van der Waals surface area contributed by atoms with Crippen molar-refractivity contribution in [3.8, 4) is 0 Å². The Bertz CT molecular complexity index is 183. The summed E-state index contributed by atoms with van der Waals surface area (Å²) in [4.78, 5) is 2.38. The molecule has 0 amide bonds. The van der Waals surface area contributed by atoms with E-state index in [0.717, 1.165) is 19.7 Å². The number of morpholine rings is 1. The molecule has 4 nitrogen and oxygen atoms in total. The van der Waals surface area contributed by atoms with Gasteiger partial charge in [0.15, 0.2) is 6.29 Å². The minimum Gasteiger partial charge on any atom is -0.376 e. The van der Waals surface area contributed by atoms with Gasteiger partial charge in [-0.05, 0) is 27.7 Å². The average Bonchev–Trinajstić information content (AvgIpc) is 2.25. The highest BCUT2D eigenvalue weighted by molar-refractivity contribution is 4.78. The Kier molecular flexibility index (Phi) is 6.28. The van der Waals surface area contributed by atoms with Crippen molar-refractivity contribution in [3.63, 3.8) is 0 Å². The lowest BCUT2D eigenvalue weighted by molar-refractivity contribution is -0.163. The molecule has 0 aromatic heterocycles. The van der Waals surface area contributed by atoms with Crippen molar-refractivity contribution in [3.05, 3.63) is 0 Å². The van der Waals surface area contributed by atoms with Crippen molar-refractivity contribution in [2.45, 2.75) is 46.1 Å². The van der Waals surface area contributed by atoms with Crippen LogP contribution in [0.3, 0.4) is 0 Å². The van der Waals surface area contributed by atoms with E-state index < -0.39 is 0 Å². The molecule has 0 aromatic carbocycles. The molecule has 4 heteroatoms. The van der Waals surface area contributed by atoms with Crippen LogP contribution in [0.2, 0.25) is 0 Å². The van der Waals surface area contributed by atoms with Crippen molar-refractivity contribution in [1.82, 2.24) is 4.90 Å². The maximum absolute atomic E-state index is 5.60. The largest absolute Gasteiger partial charge is 0.376 e. The van der Waals surface area contributed by atoms with E-state index in [9.17, 15) is 0 Å². The van der Waals surface area contributed by atoms with Crippen molar-refractivity contribution in [1.29, 1.82) is 0 Å². The summed E-state index contributed by atoms with van der Waals surface area (Å²) in [5, 5.41) is 0. The second-order valence-electron chi connectivity index (χ2n) is 4.15. The van der Waals surface area contributed by atoms with E-state index >= 15 is 0 Å². The quantitative estimate of drug-likeness (QED) is 0.648. The van der Waals surface area contributed by atoms with Crippen LogP contribution in [0.5, 0.6) is 0 Å². The van der Waals surface area contributed by atoms with Crippen LogP contribution in [-0.4, -0.2) is 56.2 Å². The fourth-order valence-electron chi connectivity index (χ4n) is 1.97. The zero-order chi connectivity index (χ0) is 12.0. The summed E-state index contributed by atoms with van der Waals surface area (Å²) in [5.41, 5.74) is 0. The molecule has 0 aliphatic carbocycles. The first-order valence-electron chi connectivity index (χ1n) is 6.27. The Morgan fingerprint density at radius 1 is 1.25 bits per heavy atom. The van der Waals surface area contributed by atoms with Crippen LogP contribution in [0, 0.1) is 0 Å². The lowest BCUT2D eigenvalue weighted by atomic mass is 10.1. The lowest BCUT2D eigenvalue weighted by Gasteiger charge is -2.39. The van der Waals surface area contributed by atoms with Gasteiger partial charge in [0, 0.05) is 32.3 Å². The minimum absolute atomic E-state index is 0.109. The molecule has 96 valence electrons. The van der Waals surface area contributed by atoms with Crippen molar-refractivity contribution in [2.24, 2.45) is 0 Å². The number of nitrogens with zero attached hydrogens (tertiary/aromatic N) is 1. The summed E-state index contributed by atoms with van der Waals surface area (Å²) in [6.07, 6.45) is 0.181. The van der Waals surface area contributed by atoms with Crippen LogP contribution in [0.15, 0.2) is 0 Å². The molecule has 0 unspecified atom stereocenters. The van der Waals surface area contributed by atoms with Crippen molar-refractivity contribution >= 4 is 0 Å². The van der Waals surface area contributed by atoms with E-state index in [1.807, 2.05) is 13.8 Å². The van der Waals surface area contributed by atoms with Gasteiger partial charge in [0.25, 0.3) is 0 Å². The highest BCUT2D eigenvalue weighted by Crippen LogP contribution is 2.14. The van der Waals surface area contributed by atoms with E-state index in [1.54, 1.807) is 0 Å². The first kappa shape index (κ1) is 13.9. The van der Waals surface area contributed by atoms with Crippen LogP contribution in [0.1, 0.15) is 27.7 Å². The fourth-order valence-corrected chi connectivity index (χ4v) is 1.97. The Balaban J connectivity index is 2.42. The van der Waals surface area contributed by atoms with Crippen LogP contribution >= 0.6 is 0 Å². The predicted molar refractivity (Wildman–Crippen MR) is 63.5 cm³/mol. The van der Waals surface area contributed by atoms with Gasteiger partial charge >= 0.3 is 0 Å². The van der Waals surface area contributed by atoms with E-state index in [-0.39, 0.29) is 12.4 Å². The first-order valence-corrected chi connectivity index (χ1v) is 6.27. The maximum atomic E-state index is 5.60. The number of rotatable bonds is 6. The van der Waals surface area contributed by atoms with Crippen LogP contribution in [0.4, 0.5) is 0 Å². The van der Waals surface area contributed by atoms with Gasteiger partial charge < -0.3 is 14.2 Å². The molecule has 0 saturated carbocycles. The monoisotopic (exact) mass is 231 g/mol. The smallest absolute Gasteiger partial charge is 0.170 e. The van der Waals surface area contributed by atoms with E-state index in [2.05, 4.69) is 18.7 Å². The number of hydrogen-bond acceptors (Lipinski definition) is 4. The second kappa shape index (κ2) is 7.22. The summed E-state index contributed by atoms with van der Waals surface area (Å²) < 4.78 is 16.7. The van der Waals surface area contributed by atoms with Crippen LogP contribution in [-0.2, 0) is 14.2 Å². The summed E-state index contributed by atoms with van der Waals surface area (Å²) in [6, 6.07) is 0.428. The molecular formula is C12H25NO3. The molecule has 1 aliphatic heterocycles. The predicted octanol–water partition coefficient (Wildman–Crippen LogP) is 1.49. The molecule has 0 N–H and O–H groups in total. The molecule has 1 rings (SSSR count). The normalized spacial score (nSPS) is 27.6. The molecule has 16 heavy (non-hydrogen) atoms. The Morgan fingerprint density at radius 3 is 2.44 bits per heavy atom. The first-order chi connectivity index (χ1) is 7.69. The third-order valence-electron chi connectivity index (χ3n) is 3.10. The lowest BCUT2D eigenvalue weighted by Crippen LogP contribution is -2.51. The van der Waals surface area contributed by atoms with Gasteiger partial charge in [-0.1, -0.05) is 0 Å². The van der Waals surface area contributed by atoms with E-state index in [0.29, 0.717) is 19.3 Å². The maximum Gasteiger partial charge on any atom is 0.170 e. The Morgan fingerprint density at radius 2 is 1.88 bits per heavy atom. The molecule has 1 aliphatic rings. The summed E-state index contributed by atoms with van der Waals surface area (Å²) in [7, 11) is 0. The molecule has 1 saturated heterocycles. The van der Waals surface area contributed by atoms with E-state index in [1.165, 1.54) is 0 Å². The molecule has 0 radical (unpaired) electrons. The molecule has 1 fully saturated rings. The third-order valence-corrected chi connectivity index (χ3v) is 3.10. The number of ether oxygens (including phenoxy) is 3. The van der Waals surface area contributed by atoms with Gasteiger partial charge in [-0.2, -0.15) is 0 Å². The summed E-state index contributed by atoms with van der Waals surface area (Å²) >= 11 is 0. The third kappa shape index (κ3) is 4.01. The molecule has 2 atom stereocenters. The van der Waals surface area contributed by atoms with Gasteiger partial charge in [-0.25, -0.2) is 0 Å². The van der Waals surface area contributed by atoms with Crippen molar-refractivity contribution < 1.29 is 14.2 Å². The Labute approximate surface area is 98.8 Å². The fraction of sp³-hybridized carbons (Fsp3) is 1.00. The van der Waals surface area contributed by atoms with E-state index in [4.69, 9.17) is 14.2 Å². The molecule has 0 spiro atoms. The van der Waals surface area contributed by atoms with Crippen LogP contribution < -0.4 is 0 Å². The molecule has 1 heterocycles. The molecular weight excluding hydrogens is 206 g/mol. The molecule has 0 bridgehead atoms. The van der Waals surface area contributed by atoms with Gasteiger partial charge in [0.05, 0.1) is 12.7 Å². The second-order valence-corrected chi connectivity index (χ2v) is 4.15. The average molecular weight is 231 g/mol.